The minimum Gasteiger partial charge on any atom is -0.480 e. The number of carbonyl (C=O) groups excluding carboxylic acids is 3. The van der Waals surface area contributed by atoms with Crippen molar-refractivity contribution in [3.8, 4) is 5.75 Å². The van der Waals surface area contributed by atoms with Gasteiger partial charge in [-0.25, -0.2) is 14.5 Å². The van der Waals surface area contributed by atoms with Crippen LogP contribution in [-0.4, -0.2) is 35.5 Å². The maximum absolute atomic E-state index is 12.9. The molecule has 3 rings (SSSR count). The molecule has 2 aromatic carbocycles. The molecular weight excluding hydrogens is 459 g/mol. The summed E-state index contributed by atoms with van der Waals surface area (Å²) in [5.74, 6) is -2.85. The van der Waals surface area contributed by atoms with Gasteiger partial charge in [0, 0.05) is 5.02 Å². The van der Waals surface area contributed by atoms with Gasteiger partial charge in [-0.1, -0.05) is 40.9 Å². The van der Waals surface area contributed by atoms with Gasteiger partial charge in [-0.2, -0.15) is 0 Å². The zero-order chi connectivity index (χ0) is 22.0. The second-order valence-electron chi connectivity index (χ2n) is 5.93. The summed E-state index contributed by atoms with van der Waals surface area (Å²) < 4.78 is 5.02. The van der Waals surface area contributed by atoms with Crippen LogP contribution in [0.3, 0.4) is 0 Å². The smallest absolute Gasteiger partial charge is 0.341 e. The van der Waals surface area contributed by atoms with Gasteiger partial charge in [0.2, 0.25) is 0 Å². The van der Waals surface area contributed by atoms with E-state index in [4.69, 9.17) is 44.6 Å². The number of carboxylic acid groups (broad SMARTS) is 1. The van der Waals surface area contributed by atoms with Gasteiger partial charge in [0.05, 0.1) is 15.7 Å². The molecule has 1 saturated heterocycles. The zero-order valence-electron chi connectivity index (χ0n) is 14.8. The van der Waals surface area contributed by atoms with E-state index in [0.29, 0.717) is 10.6 Å². The van der Waals surface area contributed by atoms with Crippen LogP contribution in [-0.2, 0) is 14.4 Å². The van der Waals surface area contributed by atoms with Crippen LogP contribution >= 0.6 is 34.8 Å². The van der Waals surface area contributed by atoms with Crippen LogP contribution in [0.15, 0.2) is 42.0 Å². The molecule has 2 N–H and O–H groups in total. The molecule has 11 heteroatoms. The Labute approximate surface area is 184 Å². The number of aliphatic carboxylic acids is 1. The van der Waals surface area contributed by atoms with Crippen LogP contribution in [0.2, 0.25) is 15.1 Å². The Balaban J connectivity index is 1.94. The molecule has 0 aromatic heterocycles. The van der Waals surface area contributed by atoms with Gasteiger partial charge in [-0.15, -0.1) is 0 Å². The minimum absolute atomic E-state index is 0.0441. The molecule has 0 unspecified atom stereocenters. The highest BCUT2D eigenvalue weighted by Gasteiger charge is 2.37. The zero-order valence-corrected chi connectivity index (χ0v) is 17.1. The molecule has 0 aliphatic carbocycles. The lowest BCUT2D eigenvalue weighted by Crippen LogP contribution is -2.54. The number of amides is 4. The Morgan fingerprint density at radius 1 is 1.07 bits per heavy atom. The van der Waals surface area contributed by atoms with E-state index in [-0.39, 0.29) is 27.1 Å². The van der Waals surface area contributed by atoms with Crippen LogP contribution in [0.1, 0.15) is 5.56 Å². The molecule has 0 saturated carbocycles. The first kappa shape index (κ1) is 21.6. The van der Waals surface area contributed by atoms with E-state index in [2.05, 4.69) is 5.32 Å². The molecule has 4 amide bonds. The van der Waals surface area contributed by atoms with Crippen molar-refractivity contribution in [3.63, 3.8) is 0 Å². The lowest BCUT2D eigenvalue weighted by Gasteiger charge is -2.27. The third-order valence-electron chi connectivity index (χ3n) is 3.87. The van der Waals surface area contributed by atoms with Gasteiger partial charge in [-0.05, 0) is 42.0 Å². The molecular formula is C19H11Cl3N2O6. The molecule has 2 aromatic rings. The topological polar surface area (TPSA) is 113 Å². The second kappa shape index (κ2) is 8.74. The molecule has 1 fully saturated rings. The Morgan fingerprint density at radius 3 is 2.43 bits per heavy atom. The van der Waals surface area contributed by atoms with E-state index in [1.54, 1.807) is 0 Å². The highest BCUT2D eigenvalue weighted by Crippen LogP contribution is 2.32. The van der Waals surface area contributed by atoms with Crippen LogP contribution in [0.5, 0.6) is 5.75 Å². The predicted octanol–water partition coefficient (Wildman–Crippen LogP) is 3.78. The van der Waals surface area contributed by atoms with Crippen molar-refractivity contribution in [2.45, 2.75) is 0 Å². The number of carbonyl (C=O) groups is 4. The molecule has 0 radical (unpaired) electrons. The highest BCUT2D eigenvalue weighted by molar-refractivity contribution is 6.42. The van der Waals surface area contributed by atoms with Crippen LogP contribution < -0.4 is 15.0 Å². The number of nitrogens with zero attached hydrogens (tertiary/aromatic N) is 1. The first-order valence-corrected chi connectivity index (χ1v) is 9.31. The van der Waals surface area contributed by atoms with E-state index < -0.39 is 30.4 Å². The molecule has 154 valence electrons. The molecule has 0 atom stereocenters. The number of rotatable bonds is 5. The lowest BCUT2D eigenvalue weighted by molar-refractivity contribution is -0.139. The molecule has 30 heavy (non-hydrogen) atoms. The number of imide groups is 2. The summed E-state index contributed by atoms with van der Waals surface area (Å²) >= 11 is 18.0. The van der Waals surface area contributed by atoms with Gasteiger partial charge in [0.15, 0.2) is 6.61 Å². The number of hydrogen-bond donors (Lipinski definition) is 2. The first-order chi connectivity index (χ1) is 14.2. The van der Waals surface area contributed by atoms with Crippen molar-refractivity contribution in [2.24, 2.45) is 0 Å². The number of anilines is 1. The number of nitrogens with one attached hydrogen (secondary N) is 1. The van der Waals surface area contributed by atoms with E-state index >= 15 is 0 Å². The molecule has 0 bridgehead atoms. The predicted molar refractivity (Wildman–Crippen MR) is 110 cm³/mol. The standard InChI is InChI=1S/C19H11Cl3N2O6/c20-10-2-3-14(12(21)7-10)24-18(28)11(17(27)23-19(24)29)5-9-1-4-15(13(22)6-9)30-8-16(25)26/h1-7H,8H2,(H,25,26)(H,23,27,29)/b11-5+. The van der Waals surface area contributed by atoms with Gasteiger partial charge >= 0.3 is 12.0 Å². The molecule has 8 nitrogen and oxygen atoms in total. The number of barbiturate groups is 1. The van der Waals surface area contributed by atoms with Crippen molar-refractivity contribution in [2.75, 3.05) is 11.5 Å². The summed E-state index contributed by atoms with van der Waals surface area (Å²) in [4.78, 5) is 48.7. The number of halogens is 3. The third-order valence-corrected chi connectivity index (χ3v) is 4.70. The fourth-order valence-corrected chi connectivity index (χ4v) is 3.31. The Morgan fingerprint density at radius 2 is 1.80 bits per heavy atom. The maximum Gasteiger partial charge on any atom is 0.341 e. The summed E-state index contributed by atoms with van der Waals surface area (Å²) in [6.07, 6.45) is 1.23. The lowest BCUT2D eigenvalue weighted by atomic mass is 10.1. The summed E-state index contributed by atoms with van der Waals surface area (Å²) in [7, 11) is 0. The van der Waals surface area contributed by atoms with Gasteiger partial charge in [0.25, 0.3) is 11.8 Å². The number of ether oxygens (including phenoxy) is 1. The van der Waals surface area contributed by atoms with Gasteiger partial charge in [0.1, 0.15) is 11.3 Å². The Kier molecular flexibility index (Phi) is 6.31. The van der Waals surface area contributed by atoms with Crippen LogP contribution in [0.4, 0.5) is 10.5 Å². The number of hydrogen-bond acceptors (Lipinski definition) is 5. The third kappa shape index (κ3) is 4.56. The molecule has 1 aliphatic heterocycles. The summed E-state index contributed by atoms with van der Waals surface area (Å²) in [5, 5.41) is 11.2. The average Bonchev–Trinajstić information content (AvgIpc) is 2.66. The second-order valence-corrected chi connectivity index (χ2v) is 7.18. The van der Waals surface area contributed by atoms with Crippen molar-refractivity contribution >= 4 is 70.4 Å². The Hall–Kier alpha value is -3.07. The maximum atomic E-state index is 12.9. The van der Waals surface area contributed by atoms with Gasteiger partial charge in [-0.3, -0.25) is 14.9 Å². The van der Waals surface area contributed by atoms with E-state index in [9.17, 15) is 19.2 Å². The monoisotopic (exact) mass is 468 g/mol. The van der Waals surface area contributed by atoms with Crippen molar-refractivity contribution < 1.29 is 29.0 Å². The van der Waals surface area contributed by atoms with E-state index in [0.717, 1.165) is 4.90 Å². The summed E-state index contributed by atoms with van der Waals surface area (Å²) in [6.45, 7) is -0.583. The normalized spacial score (nSPS) is 15.4. The molecule has 1 aliphatic rings. The highest BCUT2D eigenvalue weighted by atomic mass is 35.5. The largest absolute Gasteiger partial charge is 0.480 e. The fourth-order valence-electron chi connectivity index (χ4n) is 2.57. The van der Waals surface area contributed by atoms with Gasteiger partial charge < -0.3 is 9.84 Å². The van der Waals surface area contributed by atoms with Crippen molar-refractivity contribution in [3.05, 3.63) is 62.6 Å². The number of benzene rings is 2. The average molecular weight is 470 g/mol. The number of carboxylic acids is 1. The summed E-state index contributed by atoms with van der Waals surface area (Å²) in [6, 6.07) is 7.45. The van der Waals surface area contributed by atoms with E-state index in [1.807, 2.05) is 0 Å². The van der Waals surface area contributed by atoms with Crippen molar-refractivity contribution in [1.82, 2.24) is 5.32 Å². The van der Waals surface area contributed by atoms with E-state index in [1.165, 1.54) is 42.5 Å². The number of urea groups is 1. The van der Waals surface area contributed by atoms with Crippen LogP contribution in [0.25, 0.3) is 6.08 Å². The minimum atomic E-state index is -1.17. The molecule has 1 heterocycles. The van der Waals surface area contributed by atoms with Crippen molar-refractivity contribution in [1.29, 1.82) is 0 Å². The SMILES string of the molecule is O=C(O)COc1ccc(/C=C2\C(=O)NC(=O)N(c3ccc(Cl)cc3Cl)C2=O)cc1Cl. The van der Waals surface area contributed by atoms with Crippen LogP contribution in [0, 0.1) is 0 Å². The molecule has 0 spiro atoms. The first-order valence-electron chi connectivity index (χ1n) is 8.18. The quantitative estimate of drug-likeness (QED) is 0.509. The fraction of sp³-hybridized carbons (Fsp3) is 0.0526. The summed E-state index contributed by atoms with van der Waals surface area (Å²) in [5.41, 5.74) is 0.0611. The Bertz CT molecular complexity index is 1120.